The number of fused-ring (bicyclic) bond motifs is 1. The number of hydrogen-bond donors (Lipinski definition) is 1. The van der Waals surface area contributed by atoms with Crippen molar-refractivity contribution in [3.8, 4) is 0 Å². The number of nitrogens with zero attached hydrogens (tertiary/aromatic N) is 1. The Labute approximate surface area is 97.4 Å². The molecule has 0 saturated heterocycles. The van der Waals surface area contributed by atoms with E-state index < -0.39 is 0 Å². The van der Waals surface area contributed by atoms with Gasteiger partial charge in [0.2, 0.25) is 0 Å². The fourth-order valence-corrected chi connectivity index (χ4v) is 2.86. The summed E-state index contributed by atoms with van der Waals surface area (Å²) in [7, 11) is 0. The smallest absolute Gasteiger partial charge is 0.0399 e. The maximum absolute atomic E-state index is 6.34. The molecule has 1 aliphatic heterocycles. The number of para-hydroxylation sites is 1. The topological polar surface area (TPSA) is 29.3 Å². The van der Waals surface area contributed by atoms with E-state index in [1.54, 1.807) is 0 Å². The molecule has 1 heterocycles. The lowest BCUT2D eigenvalue weighted by atomic mass is 10.0. The Morgan fingerprint density at radius 1 is 1.44 bits per heavy atom. The number of nitrogens with two attached hydrogens (primary N) is 1. The van der Waals surface area contributed by atoms with Crippen molar-refractivity contribution in [3.63, 3.8) is 0 Å². The van der Waals surface area contributed by atoms with Gasteiger partial charge in [-0.05, 0) is 36.8 Å². The van der Waals surface area contributed by atoms with Crippen molar-refractivity contribution >= 4 is 5.69 Å². The molecule has 2 atom stereocenters. The highest BCUT2D eigenvalue weighted by Crippen LogP contribution is 2.42. The molecule has 16 heavy (non-hydrogen) atoms. The number of aryl methyl sites for hydroxylation is 1. The van der Waals surface area contributed by atoms with Crippen LogP contribution in [-0.2, 0) is 6.42 Å². The van der Waals surface area contributed by atoms with Crippen molar-refractivity contribution in [2.24, 2.45) is 11.7 Å². The van der Waals surface area contributed by atoms with Crippen LogP contribution in [0, 0.1) is 5.92 Å². The molecule has 1 aromatic carbocycles. The van der Waals surface area contributed by atoms with Gasteiger partial charge in [-0.25, -0.2) is 0 Å². The van der Waals surface area contributed by atoms with Crippen molar-refractivity contribution in [1.29, 1.82) is 0 Å². The van der Waals surface area contributed by atoms with E-state index >= 15 is 0 Å². The Bertz CT molecular complexity index is 401. The minimum absolute atomic E-state index is 0.0877. The van der Waals surface area contributed by atoms with Crippen LogP contribution in [0.1, 0.15) is 25.3 Å². The van der Waals surface area contributed by atoms with E-state index in [1.807, 2.05) is 0 Å². The zero-order valence-corrected chi connectivity index (χ0v) is 9.95. The molecule has 2 N–H and O–H groups in total. The van der Waals surface area contributed by atoms with Crippen LogP contribution in [0.3, 0.4) is 0 Å². The molecule has 1 aromatic rings. The molecular weight excluding hydrogens is 196 g/mol. The molecule has 3 rings (SSSR count). The number of benzene rings is 1. The molecule has 0 radical (unpaired) electrons. The minimum atomic E-state index is 0.0877. The Kier molecular flexibility index (Phi) is 2.21. The second-order valence-corrected chi connectivity index (χ2v) is 5.49. The minimum Gasteiger partial charge on any atom is -0.369 e. The Hall–Kier alpha value is -1.02. The quantitative estimate of drug-likeness (QED) is 0.821. The lowest BCUT2D eigenvalue weighted by molar-refractivity contribution is 0.569. The summed E-state index contributed by atoms with van der Waals surface area (Å²) in [5, 5.41) is 0. The van der Waals surface area contributed by atoms with Crippen LogP contribution in [0.25, 0.3) is 0 Å². The van der Waals surface area contributed by atoms with Gasteiger partial charge in [-0.1, -0.05) is 25.1 Å². The summed E-state index contributed by atoms with van der Waals surface area (Å²) in [6.07, 6.45) is 3.67. The monoisotopic (exact) mass is 216 g/mol. The molecule has 86 valence electrons. The fraction of sp³-hybridized carbons (Fsp3) is 0.571. The Morgan fingerprint density at radius 3 is 2.94 bits per heavy atom. The summed E-state index contributed by atoms with van der Waals surface area (Å²) in [5.74, 6) is 0.696. The number of hydrogen-bond acceptors (Lipinski definition) is 2. The van der Waals surface area contributed by atoms with Crippen LogP contribution < -0.4 is 10.6 Å². The molecule has 1 aliphatic carbocycles. The van der Waals surface area contributed by atoms with Gasteiger partial charge in [0.1, 0.15) is 0 Å². The van der Waals surface area contributed by atoms with Crippen molar-refractivity contribution in [1.82, 2.24) is 0 Å². The molecule has 0 spiro atoms. The van der Waals surface area contributed by atoms with Gasteiger partial charge in [0, 0.05) is 24.3 Å². The van der Waals surface area contributed by atoms with Crippen LogP contribution in [0.15, 0.2) is 24.3 Å². The maximum atomic E-state index is 6.34. The van der Waals surface area contributed by atoms with E-state index in [1.165, 1.54) is 37.1 Å². The molecule has 1 saturated carbocycles. The molecule has 0 bridgehead atoms. The van der Waals surface area contributed by atoms with E-state index in [0.29, 0.717) is 5.92 Å². The molecule has 2 unspecified atom stereocenters. The third kappa shape index (κ3) is 1.61. The fourth-order valence-electron chi connectivity index (χ4n) is 2.86. The van der Waals surface area contributed by atoms with Gasteiger partial charge in [0.15, 0.2) is 0 Å². The molecule has 2 heteroatoms. The molecule has 1 fully saturated rings. The van der Waals surface area contributed by atoms with Crippen molar-refractivity contribution in [2.45, 2.75) is 31.7 Å². The summed E-state index contributed by atoms with van der Waals surface area (Å²) < 4.78 is 0. The highest BCUT2D eigenvalue weighted by atomic mass is 15.2. The summed E-state index contributed by atoms with van der Waals surface area (Å²) in [6.45, 7) is 4.46. The first kappa shape index (κ1) is 10.2. The molecule has 2 nitrogen and oxygen atoms in total. The largest absolute Gasteiger partial charge is 0.369 e. The van der Waals surface area contributed by atoms with Crippen molar-refractivity contribution in [3.05, 3.63) is 29.8 Å². The van der Waals surface area contributed by atoms with E-state index in [9.17, 15) is 0 Å². The van der Waals surface area contributed by atoms with E-state index in [-0.39, 0.29) is 5.54 Å². The zero-order chi connectivity index (χ0) is 11.2. The van der Waals surface area contributed by atoms with Gasteiger partial charge in [-0.3, -0.25) is 0 Å². The van der Waals surface area contributed by atoms with Gasteiger partial charge in [-0.2, -0.15) is 0 Å². The first-order valence-corrected chi connectivity index (χ1v) is 6.31. The highest BCUT2D eigenvalue weighted by Gasteiger charge is 2.48. The van der Waals surface area contributed by atoms with Gasteiger partial charge in [0.25, 0.3) is 0 Å². The summed E-state index contributed by atoms with van der Waals surface area (Å²) in [6, 6.07) is 8.77. The van der Waals surface area contributed by atoms with Gasteiger partial charge in [-0.15, -0.1) is 0 Å². The molecule has 0 amide bonds. The van der Waals surface area contributed by atoms with E-state index in [4.69, 9.17) is 5.73 Å². The Morgan fingerprint density at radius 2 is 2.19 bits per heavy atom. The van der Waals surface area contributed by atoms with Crippen LogP contribution in [-0.4, -0.2) is 18.6 Å². The predicted molar refractivity (Wildman–Crippen MR) is 67.7 cm³/mol. The van der Waals surface area contributed by atoms with Gasteiger partial charge < -0.3 is 10.6 Å². The average Bonchev–Trinajstić information content (AvgIpc) is 2.87. The average molecular weight is 216 g/mol. The lowest BCUT2D eigenvalue weighted by Gasteiger charge is -2.33. The normalized spacial score (nSPS) is 32.4. The SMILES string of the molecule is CC1CC1(N)CN1CCCc2ccccc21. The first-order chi connectivity index (χ1) is 7.69. The zero-order valence-electron chi connectivity index (χ0n) is 9.95. The molecule has 2 aliphatic rings. The first-order valence-electron chi connectivity index (χ1n) is 6.31. The molecular formula is C14H20N2. The van der Waals surface area contributed by atoms with E-state index in [0.717, 1.165) is 6.54 Å². The molecule has 0 aromatic heterocycles. The lowest BCUT2D eigenvalue weighted by Crippen LogP contribution is -2.43. The van der Waals surface area contributed by atoms with Crippen LogP contribution in [0.4, 0.5) is 5.69 Å². The van der Waals surface area contributed by atoms with Crippen molar-refractivity contribution < 1.29 is 0 Å². The predicted octanol–water partition coefficient (Wildman–Crippen LogP) is 2.18. The van der Waals surface area contributed by atoms with Crippen LogP contribution in [0.5, 0.6) is 0 Å². The van der Waals surface area contributed by atoms with E-state index in [2.05, 4.69) is 36.1 Å². The summed E-state index contributed by atoms with van der Waals surface area (Å²) in [5.41, 5.74) is 9.33. The third-order valence-electron chi connectivity index (χ3n) is 4.20. The maximum Gasteiger partial charge on any atom is 0.0399 e. The summed E-state index contributed by atoms with van der Waals surface area (Å²) in [4.78, 5) is 2.49. The Balaban J connectivity index is 1.82. The van der Waals surface area contributed by atoms with Gasteiger partial charge in [0.05, 0.1) is 0 Å². The number of rotatable bonds is 2. The highest BCUT2D eigenvalue weighted by molar-refractivity contribution is 5.56. The second-order valence-electron chi connectivity index (χ2n) is 5.49. The van der Waals surface area contributed by atoms with Crippen molar-refractivity contribution in [2.75, 3.05) is 18.0 Å². The second kappa shape index (κ2) is 3.49. The van der Waals surface area contributed by atoms with Crippen LogP contribution >= 0.6 is 0 Å². The van der Waals surface area contributed by atoms with Gasteiger partial charge >= 0.3 is 0 Å². The number of anilines is 1. The summed E-state index contributed by atoms with van der Waals surface area (Å²) >= 11 is 0. The van der Waals surface area contributed by atoms with Crippen LogP contribution in [0.2, 0.25) is 0 Å². The third-order valence-corrected chi connectivity index (χ3v) is 4.20. The standard InChI is InChI=1S/C14H20N2/c1-11-9-14(11,15)10-16-8-4-6-12-5-2-3-7-13(12)16/h2-3,5,7,11H,4,6,8-10,15H2,1H3.